The normalized spacial score (nSPS) is 13.1. The third-order valence-electron chi connectivity index (χ3n) is 3.60. The lowest BCUT2D eigenvalue weighted by atomic mass is 10.1. The van der Waals surface area contributed by atoms with Crippen LogP contribution in [0.25, 0.3) is 11.0 Å². The van der Waals surface area contributed by atoms with E-state index in [9.17, 15) is 4.79 Å². The van der Waals surface area contributed by atoms with Gasteiger partial charge in [-0.3, -0.25) is 9.10 Å². The highest BCUT2D eigenvalue weighted by molar-refractivity contribution is 8.02. The van der Waals surface area contributed by atoms with Crippen LogP contribution in [0, 0.1) is 0 Å². The van der Waals surface area contributed by atoms with E-state index in [1.807, 2.05) is 36.4 Å². The second kappa shape index (κ2) is 5.71. The number of anilines is 2. The Morgan fingerprint density at radius 1 is 1.13 bits per heavy atom. The van der Waals surface area contributed by atoms with E-state index in [1.54, 1.807) is 0 Å². The topological polar surface area (TPSA) is 78.3 Å². The second-order valence-corrected chi connectivity index (χ2v) is 6.60. The van der Waals surface area contributed by atoms with Crippen molar-refractivity contribution in [2.24, 2.45) is 0 Å². The summed E-state index contributed by atoms with van der Waals surface area (Å²) >= 11 is 2.72. The predicted octanol–water partition coefficient (Wildman–Crippen LogP) is 3.31. The molecule has 0 bridgehead atoms. The Bertz CT molecular complexity index is 896. The molecule has 2 heterocycles. The Kier molecular flexibility index (Phi) is 3.55. The molecule has 2 N–H and O–H groups in total. The minimum Gasteiger partial charge on any atom is -0.481 e. The van der Waals surface area contributed by atoms with Crippen LogP contribution < -0.4 is 9.03 Å². The van der Waals surface area contributed by atoms with E-state index in [1.165, 1.54) is 23.9 Å². The zero-order valence-corrected chi connectivity index (χ0v) is 13.5. The number of carboxylic acid groups (broad SMARTS) is 1. The predicted molar refractivity (Wildman–Crippen MR) is 92.6 cm³/mol. The minimum absolute atomic E-state index is 0.0300. The van der Waals surface area contributed by atoms with Crippen molar-refractivity contribution in [2.45, 2.75) is 13.0 Å². The van der Waals surface area contributed by atoms with E-state index < -0.39 is 5.97 Å². The van der Waals surface area contributed by atoms with Gasteiger partial charge in [0.1, 0.15) is 11.0 Å². The van der Waals surface area contributed by atoms with Gasteiger partial charge < -0.3 is 9.83 Å². The van der Waals surface area contributed by atoms with Gasteiger partial charge in [0.2, 0.25) is 0 Å². The summed E-state index contributed by atoms with van der Waals surface area (Å²) in [6.45, 7) is 0.703. The van der Waals surface area contributed by atoms with E-state index >= 15 is 0 Å². The number of hydrogen-bond donors (Lipinski definition) is 2. The molecule has 23 heavy (non-hydrogen) atoms. The molecule has 4 rings (SSSR count). The van der Waals surface area contributed by atoms with Gasteiger partial charge in [0.15, 0.2) is 0 Å². The molecule has 0 radical (unpaired) electrons. The molecule has 0 aliphatic carbocycles. The van der Waals surface area contributed by atoms with Crippen molar-refractivity contribution in [3.05, 3.63) is 47.5 Å². The number of fused-ring (bicyclic) bond motifs is 2. The van der Waals surface area contributed by atoms with Crippen molar-refractivity contribution in [1.82, 2.24) is 8.75 Å². The molecular formula is C15H12N4O2S2. The summed E-state index contributed by atoms with van der Waals surface area (Å²) in [5.41, 5.74) is 5.76. The van der Waals surface area contributed by atoms with Gasteiger partial charge in [-0.1, -0.05) is 12.1 Å². The van der Waals surface area contributed by atoms with Crippen LogP contribution >= 0.6 is 23.9 Å². The van der Waals surface area contributed by atoms with Crippen molar-refractivity contribution in [1.29, 1.82) is 0 Å². The Morgan fingerprint density at radius 3 is 2.83 bits per heavy atom. The highest BCUT2D eigenvalue weighted by atomic mass is 32.2. The number of benzene rings is 2. The molecule has 0 amide bonds. The number of rotatable bonds is 4. The van der Waals surface area contributed by atoms with Crippen molar-refractivity contribution < 1.29 is 9.90 Å². The molecule has 0 unspecified atom stereocenters. The van der Waals surface area contributed by atoms with Gasteiger partial charge in [0.05, 0.1) is 48.2 Å². The maximum absolute atomic E-state index is 10.9. The van der Waals surface area contributed by atoms with Crippen LogP contribution in [0.3, 0.4) is 0 Å². The van der Waals surface area contributed by atoms with Crippen LogP contribution in [0.15, 0.2) is 36.4 Å². The summed E-state index contributed by atoms with van der Waals surface area (Å²) in [6, 6.07) is 11.8. The minimum atomic E-state index is -0.823. The third-order valence-corrected chi connectivity index (χ3v) is 5.01. The maximum Gasteiger partial charge on any atom is 0.307 e. The fourth-order valence-corrected chi connectivity index (χ4v) is 3.88. The standard InChI is InChI=1S/C15H12N4O2S2/c20-15(21)7-9-1-4-12-14(6-9)19(23-18-12)8-10-2-3-11-13(5-10)17-22-16-11/h1-6,18H,7-8H2,(H,20,21). The number of aliphatic carboxylic acids is 1. The zero-order chi connectivity index (χ0) is 15.8. The molecular weight excluding hydrogens is 332 g/mol. The second-order valence-electron chi connectivity index (χ2n) is 5.24. The average molecular weight is 344 g/mol. The average Bonchev–Trinajstić information content (AvgIpc) is 3.13. The van der Waals surface area contributed by atoms with Crippen LogP contribution in [0.2, 0.25) is 0 Å². The summed E-state index contributed by atoms with van der Waals surface area (Å²) in [6.07, 6.45) is 0.0300. The lowest BCUT2D eigenvalue weighted by Crippen LogP contribution is -2.11. The van der Waals surface area contributed by atoms with Crippen LogP contribution in [0.4, 0.5) is 11.4 Å². The van der Waals surface area contributed by atoms with E-state index in [-0.39, 0.29) is 6.42 Å². The number of nitrogens with zero attached hydrogens (tertiary/aromatic N) is 3. The number of hydrogen-bond acceptors (Lipinski definition) is 7. The number of carbonyl (C=O) groups is 1. The van der Waals surface area contributed by atoms with Gasteiger partial charge in [-0.15, -0.1) is 0 Å². The quantitative estimate of drug-likeness (QED) is 0.703. The third kappa shape index (κ3) is 2.82. The summed E-state index contributed by atoms with van der Waals surface area (Å²) in [4.78, 5) is 10.9. The van der Waals surface area contributed by atoms with E-state index in [0.29, 0.717) is 6.54 Å². The Labute approximate surface area is 140 Å². The van der Waals surface area contributed by atoms with Crippen LogP contribution in [0.5, 0.6) is 0 Å². The first-order valence-corrected chi connectivity index (χ1v) is 8.46. The molecule has 3 aromatic rings. The number of aromatic nitrogens is 2. The summed E-state index contributed by atoms with van der Waals surface area (Å²) in [5, 5.41) is 8.95. The Balaban J connectivity index is 1.60. The molecule has 0 atom stereocenters. The van der Waals surface area contributed by atoms with Gasteiger partial charge in [-0.2, -0.15) is 8.75 Å². The summed E-state index contributed by atoms with van der Waals surface area (Å²) in [7, 11) is 0. The lowest BCUT2D eigenvalue weighted by molar-refractivity contribution is -0.136. The van der Waals surface area contributed by atoms with Crippen molar-refractivity contribution in [2.75, 3.05) is 9.03 Å². The van der Waals surface area contributed by atoms with Crippen LogP contribution in [-0.2, 0) is 17.8 Å². The fraction of sp³-hybridized carbons (Fsp3) is 0.133. The number of carboxylic acids is 1. The van der Waals surface area contributed by atoms with Crippen molar-refractivity contribution in [3.8, 4) is 0 Å². The Morgan fingerprint density at radius 2 is 1.96 bits per heavy atom. The molecule has 1 aliphatic heterocycles. The fourth-order valence-electron chi connectivity index (χ4n) is 2.52. The SMILES string of the molecule is O=C(O)Cc1ccc2c(c1)N(Cc1ccc3nsnc3c1)SN2. The summed E-state index contributed by atoms with van der Waals surface area (Å²) < 4.78 is 13.8. The molecule has 8 heteroatoms. The molecule has 0 spiro atoms. The molecule has 0 fully saturated rings. The largest absolute Gasteiger partial charge is 0.481 e. The molecule has 116 valence electrons. The van der Waals surface area contributed by atoms with Crippen molar-refractivity contribution >= 4 is 52.2 Å². The maximum atomic E-state index is 10.9. The van der Waals surface area contributed by atoms with Gasteiger partial charge in [0, 0.05) is 0 Å². The molecule has 0 saturated heterocycles. The van der Waals surface area contributed by atoms with Gasteiger partial charge in [-0.05, 0) is 35.4 Å². The van der Waals surface area contributed by atoms with Gasteiger partial charge in [-0.25, -0.2) is 0 Å². The molecule has 1 aromatic heterocycles. The monoisotopic (exact) mass is 344 g/mol. The zero-order valence-electron chi connectivity index (χ0n) is 11.9. The first kappa shape index (κ1) is 14.3. The van der Waals surface area contributed by atoms with E-state index in [0.717, 1.165) is 33.5 Å². The smallest absolute Gasteiger partial charge is 0.307 e. The van der Waals surface area contributed by atoms with E-state index in [4.69, 9.17) is 5.11 Å². The highest BCUT2D eigenvalue weighted by Gasteiger charge is 2.21. The molecule has 6 nitrogen and oxygen atoms in total. The van der Waals surface area contributed by atoms with E-state index in [2.05, 4.69) is 17.8 Å². The lowest BCUT2D eigenvalue weighted by Gasteiger charge is -2.16. The molecule has 0 saturated carbocycles. The van der Waals surface area contributed by atoms with Gasteiger partial charge in [0.25, 0.3) is 0 Å². The Hall–Kier alpha value is -2.32. The van der Waals surface area contributed by atoms with Crippen LogP contribution in [0.1, 0.15) is 11.1 Å². The number of nitrogens with one attached hydrogen (secondary N) is 1. The first-order chi connectivity index (χ1) is 11.2. The van der Waals surface area contributed by atoms with Crippen molar-refractivity contribution in [3.63, 3.8) is 0 Å². The molecule has 2 aromatic carbocycles. The van der Waals surface area contributed by atoms with Crippen LogP contribution in [-0.4, -0.2) is 19.8 Å². The van der Waals surface area contributed by atoms with Gasteiger partial charge >= 0.3 is 5.97 Å². The highest BCUT2D eigenvalue weighted by Crippen LogP contribution is 2.40. The molecule has 1 aliphatic rings. The first-order valence-electron chi connectivity index (χ1n) is 6.95. The summed E-state index contributed by atoms with van der Waals surface area (Å²) in [5.74, 6) is -0.823.